The van der Waals surface area contributed by atoms with Crippen LogP contribution < -0.4 is 5.32 Å². The summed E-state index contributed by atoms with van der Waals surface area (Å²) in [6.07, 6.45) is 0. The lowest BCUT2D eigenvalue weighted by atomic mass is 10.1. The molecule has 0 fully saturated rings. The quantitative estimate of drug-likeness (QED) is 0.647. The lowest BCUT2D eigenvalue weighted by Crippen LogP contribution is -2.08. The Morgan fingerprint density at radius 2 is 1.77 bits per heavy atom. The number of rotatable bonds is 5. The summed E-state index contributed by atoms with van der Waals surface area (Å²) in [7, 11) is 0. The molecule has 0 aliphatic heterocycles. The number of nitrogens with one attached hydrogen (secondary N) is 1. The molecule has 2 aromatic rings. The molecule has 0 spiro atoms. The van der Waals surface area contributed by atoms with E-state index in [-0.39, 0.29) is 11.3 Å². The van der Waals surface area contributed by atoms with Gasteiger partial charge in [-0.2, -0.15) is 5.26 Å². The fourth-order valence-electron chi connectivity index (χ4n) is 1.85. The molecule has 0 aliphatic rings. The monoisotopic (exact) mass is 297 g/mol. The van der Waals surface area contributed by atoms with Crippen LogP contribution in [-0.2, 0) is 0 Å². The molecule has 110 valence electrons. The number of carboxylic acid groups (broad SMARTS) is 1. The van der Waals surface area contributed by atoms with Gasteiger partial charge in [0.05, 0.1) is 16.6 Å². The first-order valence-corrected chi connectivity index (χ1v) is 6.25. The minimum atomic E-state index is -1.03. The van der Waals surface area contributed by atoms with E-state index in [4.69, 9.17) is 5.11 Å². The van der Waals surface area contributed by atoms with Crippen molar-refractivity contribution < 1.29 is 14.8 Å². The van der Waals surface area contributed by atoms with Gasteiger partial charge in [0.15, 0.2) is 0 Å². The maximum atomic E-state index is 10.8. The van der Waals surface area contributed by atoms with Crippen molar-refractivity contribution in [1.82, 2.24) is 0 Å². The third-order valence-corrected chi connectivity index (χ3v) is 3.01. The van der Waals surface area contributed by atoms with E-state index in [1.165, 1.54) is 36.4 Å². The number of hydrogen-bond acceptors (Lipinski definition) is 5. The zero-order valence-corrected chi connectivity index (χ0v) is 11.3. The van der Waals surface area contributed by atoms with Gasteiger partial charge in [0, 0.05) is 17.8 Å². The Morgan fingerprint density at radius 3 is 2.23 bits per heavy atom. The molecule has 22 heavy (non-hydrogen) atoms. The molecule has 2 rings (SSSR count). The predicted octanol–water partition coefficient (Wildman–Crippen LogP) is 2.97. The second-order valence-electron chi connectivity index (χ2n) is 4.44. The van der Waals surface area contributed by atoms with Crippen molar-refractivity contribution in [2.24, 2.45) is 0 Å². The topological polar surface area (TPSA) is 116 Å². The number of nitrogens with zero attached hydrogens (tertiary/aromatic N) is 2. The highest BCUT2D eigenvalue weighted by molar-refractivity contribution is 5.88. The average Bonchev–Trinajstić information content (AvgIpc) is 2.53. The van der Waals surface area contributed by atoms with Gasteiger partial charge in [0.2, 0.25) is 0 Å². The molecular weight excluding hydrogens is 286 g/mol. The summed E-state index contributed by atoms with van der Waals surface area (Å²) in [5.41, 5.74) is 1.26. The lowest BCUT2D eigenvalue weighted by Gasteiger charge is -2.13. The van der Waals surface area contributed by atoms with Crippen molar-refractivity contribution in [3.63, 3.8) is 0 Å². The number of nitro groups is 1. The Labute approximate surface area is 125 Å². The van der Waals surface area contributed by atoms with Crippen molar-refractivity contribution in [1.29, 1.82) is 5.26 Å². The van der Waals surface area contributed by atoms with Gasteiger partial charge >= 0.3 is 5.97 Å². The summed E-state index contributed by atoms with van der Waals surface area (Å²) in [6, 6.07) is 13.0. The van der Waals surface area contributed by atoms with Gasteiger partial charge in [-0.3, -0.25) is 10.1 Å². The maximum Gasteiger partial charge on any atom is 0.335 e. The first kappa shape index (κ1) is 15.0. The molecule has 2 aromatic carbocycles. The van der Waals surface area contributed by atoms with Gasteiger partial charge in [-0.15, -0.1) is 0 Å². The van der Waals surface area contributed by atoms with Crippen LogP contribution in [0.5, 0.6) is 0 Å². The van der Waals surface area contributed by atoms with Crippen molar-refractivity contribution in [2.45, 2.75) is 6.04 Å². The molecule has 1 atom stereocenters. The summed E-state index contributed by atoms with van der Waals surface area (Å²) < 4.78 is 0. The third-order valence-electron chi connectivity index (χ3n) is 3.01. The average molecular weight is 297 g/mol. The molecule has 0 aliphatic carbocycles. The Balaban J connectivity index is 2.16. The molecule has 0 amide bonds. The molecule has 0 radical (unpaired) electrons. The summed E-state index contributed by atoms with van der Waals surface area (Å²) in [6.45, 7) is 0. The molecule has 1 unspecified atom stereocenters. The first-order valence-electron chi connectivity index (χ1n) is 6.25. The van der Waals surface area contributed by atoms with Crippen LogP contribution in [0.2, 0.25) is 0 Å². The van der Waals surface area contributed by atoms with Crippen molar-refractivity contribution in [2.75, 3.05) is 5.32 Å². The van der Waals surface area contributed by atoms with E-state index in [1.54, 1.807) is 12.1 Å². The van der Waals surface area contributed by atoms with E-state index in [0.29, 0.717) is 11.3 Å². The number of aromatic carboxylic acids is 1. The molecule has 7 heteroatoms. The summed E-state index contributed by atoms with van der Waals surface area (Å²) in [5.74, 6) is -1.03. The highest BCUT2D eigenvalue weighted by Gasteiger charge is 2.13. The summed E-state index contributed by atoms with van der Waals surface area (Å²) in [4.78, 5) is 20.9. The molecule has 0 bridgehead atoms. The van der Waals surface area contributed by atoms with Crippen LogP contribution in [0, 0.1) is 21.4 Å². The predicted molar refractivity (Wildman–Crippen MR) is 78.5 cm³/mol. The van der Waals surface area contributed by atoms with Crippen LogP contribution in [0.3, 0.4) is 0 Å². The Bertz CT molecular complexity index is 733. The molecule has 0 saturated carbocycles. The largest absolute Gasteiger partial charge is 0.478 e. The Kier molecular flexibility index (Phi) is 4.34. The van der Waals surface area contributed by atoms with Crippen LogP contribution in [0.4, 0.5) is 11.4 Å². The zero-order chi connectivity index (χ0) is 16.1. The Morgan fingerprint density at radius 1 is 1.18 bits per heavy atom. The molecule has 0 saturated heterocycles. The molecule has 0 aromatic heterocycles. The van der Waals surface area contributed by atoms with E-state index in [1.807, 2.05) is 0 Å². The van der Waals surface area contributed by atoms with Gasteiger partial charge in [-0.05, 0) is 42.0 Å². The normalized spacial score (nSPS) is 11.2. The van der Waals surface area contributed by atoms with E-state index < -0.39 is 16.9 Å². The van der Waals surface area contributed by atoms with Gasteiger partial charge in [-0.1, -0.05) is 0 Å². The van der Waals surface area contributed by atoms with Crippen LogP contribution >= 0.6 is 0 Å². The van der Waals surface area contributed by atoms with Gasteiger partial charge in [0.25, 0.3) is 5.69 Å². The molecular formula is C15H11N3O4. The zero-order valence-electron chi connectivity index (χ0n) is 11.3. The minimum Gasteiger partial charge on any atom is -0.478 e. The summed E-state index contributed by atoms with van der Waals surface area (Å²) in [5, 5.41) is 31.6. The van der Waals surface area contributed by atoms with Gasteiger partial charge < -0.3 is 10.4 Å². The molecule has 0 heterocycles. The number of carbonyl (C=O) groups is 1. The maximum absolute atomic E-state index is 10.8. The fraction of sp³-hybridized carbons (Fsp3) is 0.0667. The first-order chi connectivity index (χ1) is 10.5. The van der Waals surface area contributed by atoms with Crippen LogP contribution in [0.15, 0.2) is 48.5 Å². The number of benzene rings is 2. The minimum absolute atomic E-state index is 0.0498. The van der Waals surface area contributed by atoms with Crippen molar-refractivity contribution >= 4 is 17.3 Å². The standard InChI is InChI=1S/C15H11N3O4/c16-9-14(10-3-7-13(8-4-10)18(21)22)17-12-5-1-11(2-6-12)15(19)20/h1-8,14,17H,(H,19,20). The Hall–Kier alpha value is -3.40. The second kappa shape index (κ2) is 6.37. The number of hydrogen-bond donors (Lipinski definition) is 2. The van der Waals surface area contributed by atoms with E-state index >= 15 is 0 Å². The number of carboxylic acids is 1. The smallest absolute Gasteiger partial charge is 0.335 e. The molecule has 2 N–H and O–H groups in total. The molecule has 7 nitrogen and oxygen atoms in total. The number of nitriles is 1. The number of nitro benzene ring substituents is 1. The lowest BCUT2D eigenvalue weighted by molar-refractivity contribution is -0.384. The van der Waals surface area contributed by atoms with Gasteiger partial charge in [0.1, 0.15) is 6.04 Å². The second-order valence-corrected chi connectivity index (χ2v) is 4.44. The van der Waals surface area contributed by atoms with Gasteiger partial charge in [-0.25, -0.2) is 4.79 Å². The SMILES string of the molecule is N#CC(Nc1ccc(C(=O)O)cc1)c1ccc([N+](=O)[O-])cc1. The highest BCUT2D eigenvalue weighted by atomic mass is 16.6. The van der Waals surface area contributed by atoms with Crippen molar-refractivity contribution in [3.05, 3.63) is 69.8 Å². The van der Waals surface area contributed by atoms with E-state index in [0.717, 1.165) is 0 Å². The van der Waals surface area contributed by atoms with Crippen LogP contribution in [0.25, 0.3) is 0 Å². The van der Waals surface area contributed by atoms with Crippen LogP contribution in [-0.4, -0.2) is 16.0 Å². The van der Waals surface area contributed by atoms with Crippen LogP contribution in [0.1, 0.15) is 22.0 Å². The third kappa shape index (κ3) is 3.37. The number of non-ortho nitro benzene ring substituents is 1. The summed E-state index contributed by atoms with van der Waals surface area (Å²) >= 11 is 0. The van der Waals surface area contributed by atoms with E-state index in [2.05, 4.69) is 11.4 Å². The van der Waals surface area contributed by atoms with Crippen molar-refractivity contribution in [3.8, 4) is 6.07 Å². The number of anilines is 1. The highest BCUT2D eigenvalue weighted by Crippen LogP contribution is 2.22. The van der Waals surface area contributed by atoms with E-state index in [9.17, 15) is 20.2 Å². The fourth-order valence-corrected chi connectivity index (χ4v) is 1.85.